The van der Waals surface area contributed by atoms with Crippen molar-refractivity contribution in [1.82, 2.24) is 0 Å². The molecule has 0 fully saturated rings. The zero-order chi connectivity index (χ0) is 14.6. The maximum atomic E-state index is 13.3. The molecule has 5 N–H and O–H groups in total. The molecular weight excluding hydrogens is 249 g/mol. The molecule has 2 amide bonds. The molecule has 0 aromatic heterocycles. The van der Waals surface area contributed by atoms with Gasteiger partial charge in [-0.05, 0) is 30.5 Å². The highest BCUT2D eigenvalue weighted by Gasteiger charge is 2.16. The fraction of sp³-hybridized carbons (Fsp3) is 0.385. The maximum absolute atomic E-state index is 13.3. The molecular formula is C13H18FN3O2. The number of anilines is 1. The zero-order valence-electron chi connectivity index (χ0n) is 10.9. The topological polar surface area (TPSA) is 98.2 Å². The molecule has 5 nitrogen and oxygen atoms in total. The number of hydrogen-bond acceptors (Lipinski definition) is 3. The highest BCUT2D eigenvalue weighted by atomic mass is 19.1. The first-order valence-corrected chi connectivity index (χ1v) is 5.97. The second-order valence-corrected chi connectivity index (χ2v) is 4.78. The molecule has 0 spiro atoms. The van der Waals surface area contributed by atoms with Crippen LogP contribution in [-0.4, -0.2) is 17.9 Å². The zero-order valence-corrected chi connectivity index (χ0v) is 10.9. The third-order valence-electron chi connectivity index (χ3n) is 2.56. The Hall–Kier alpha value is -1.95. The minimum Gasteiger partial charge on any atom is -0.366 e. The Labute approximate surface area is 111 Å². The Morgan fingerprint density at radius 2 is 2.00 bits per heavy atom. The average Bonchev–Trinajstić information content (AvgIpc) is 2.30. The van der Waals surface area contributed by atoms with Crippen LogP contribution < -0.4 is 16.8 Å². The summed E-state index contributed by atoms with van der Waals surface area (Å²) >= 11 is 0. The van der Waals surface area contributed by atoms with E-state index in [1.54, 1.807) is 0 Å². The second-order valence-electron chi connectivity index (χ2n) is 4.78. The van der Waals surface area contributed by atoms with E-state index in [1.165, 1.54) is 12.1 Å². The number of hydrogen-bond donors (Lipinski definition) is 3. The van der Waals surface area contributed by atoms with Crippen molar-refractivity contribution in [2.75, 3.05) is 5.32 Å². The summed E-state index contributed by atoms with van der Waals surface area (Å²) < 4.78 is 13.3. The number of carbonyl (C=O) groups is 2. The lowest BCUT2D eigenvalue weighted by Crippen LogP contribution is -2.36. The van der Waals surface area contributed by atoms with Crippen molar-refractivity contribution in [3.8, 4) is 0 Å². The molecule has 0 aliphatic heterocycles. The number of nitrogens with one attached hydrogen (secondary N) is 1. The predicted octanol–water partition coefficient (Wildman–Crippen LogP) is 1.24. The molecule has 1 unspecified atom stereocenters. The lowest BCUT2D eigenvalue weighted by molar-refractivity contribution is -0.117. The van der Waals surface area contributed by atoms with Gasteiger partial charge in [0, 0.05) is 5.69 Å². The van der Waals surface area contributed by atoms with E-state index >= 15 is 0 Å². The van der Waals surface area contributed by atoms with E-state index in [2.05, 4.69) is 5.32 Å². The third kappa shape index (κ3) is 4.33. The monoisotopic (exact) mass is 267 g/mol. The summed E-state index contributed by atoms with van der Waals surface area (Å²) in [5.74, 6) is -1.71. The molecule has 0 aliphatic carbocycles. The number of amides is 2. The molecule has 1 rings (SSSR count). The van der Waals surface area contributed by atoms with E-state index in [1.807, 2.05) is 13.8 Å². The highest BCUT2D eigenvalue weighted by molar-refractivity contribution is 5.98. The van der Waals surface area contributed by atoms with Crippen LogP contribution in [0.25, 0.3) is 0 Å². The number of carbonyl (C=O) groups excluding carboxylic acids is 2. The van der Waals surface area contributed by atoms with Crippen molar-refractivity contribution in [2.24, 2.45) is 17.4 Å². The summed E-state index contributed by atoms with van der Waals surface area (Å²) in [6.07, 6.45) is 0.537. The van der Waals surface area contributed by atoms with E-state index < -0.39 is 17.8 Å². The Morgan fingerprint density at radius 3 is 2.53 bits per heavy atom. The molecule has 104 valence electrons. The van der Waals surface area contributed by atoms with E-state index in [0.717, 1.165) is 6.07 Å². The predicted molar refractivity (Wildman–Crippen MR) is 71.0 cm³/mol. The van der Waals surface area contributed by atoms with Gasteiger partial charge in [0.25, 0.3) is 5.91 Å². The van der Waals surface area contributed by atoms with Gasteiger partial charge in [0.2, 0.25) is 5.91 Å². The lowest BCUT2D eigenvalue weighted by Gasteiger charge is -2.14. The van der Waals surface area contributed by atoms with Gasteiger partial charge in [-0.15, -0.1) is 0 Å². The van der Waals surface area contributed by atoms with Gasteiger partial charge in [-0.3, -0.25) is 9.59 Å². The molecule has 6 heteroatoms. The van der Waals surface area contributed by atoms with Crippen LogP contribution in [0.3, 0.4) is 0 Å². The van der Waals surface area contributed by atoms with Gasteiger partial charge < -0.3 is 16.8 Å². The van der Waals surface area contributed by atoms with E-state index in [4.69, 9.17) is 11.5 Å². The van der Waals surface area contributed by atoms with Crippen molar-refractivity contribution in [3.05, 3.63) is 29.6 Å². The highest BCUT2D eigenvalue weighted by Crippen LogP contribution is 2.15. The maximum Gasteiger partial charge on any atom is 0.251 e. The van der Waals surface area contributed by atoms with Crippen LogP contribution in [0.2, 0.25) is 0 Å². The lowest BCUT2D eigenvalue weighted by atomic mass is 10.0. The standard InChI is InChI=1S/C13H18FN3O2/c1-7(2)5-11(15)13(19)17-8-3-4-10(14)9(6-8)12(16)18/h3-4,6-7,11H,5,15H2,1-2H3,(H2,16,18)(H,17,19). The minimum atomic E-state index is -0.889. The van der Waals surface area contributed by atoms with Crippen molar-refractivity contribution >= 4 is 17.5 Å². The summed E-state index contributed by atoms with van der Waals surface area (Å²) in [4.78, 5) is 22.8. The van der Waals surface area contributed by atoms with Crippen LogP contribution in [0.15, 0.2) is 18.2 Å². The van der Waals surface area contributed by atoms with Crippen molar-refractivity contribution < 1.29 is 14.0 Å². The molecule has 1 aromatic rings. The third-order valence-corrected chi connectivity index (χ3v) is 2.56. The minimum absolute atomic E-state index is 0.268. The summed E-state index contributed by atoms with van der Waals surface area (Å²) in [5.41, 5.74) is 10.8. The number of nitrogens with two attached hydrogens (primary N) is 2. The van der Waals surface area contributed by atoms with Crippen LogP contribution in [-0.2, 0) is 4.79 Å². The number of rotatable bonds is 5. The van der Waals surface area contributed by atoms with Gasteiger partial charge in [-0.25, -0.2) is 4.39 Å². The van der Waals surface area contributed by atoms with Gasteiger partial charge in [-0.1, -0.05) is 13.8 Å². The molecule has 0 aliphatic rings. The van der Waals surface area contributed by atoms with E-state index in [-0.39, 0.29) is 17.4 Å². The Kier molecular flexibility index (Phi) is 5.00. The molecule has 0 saturated carbocycles. The molecule has 0 saturated heterocycles. The molecule has 1 aromatic carbocycles. The molecule has 1 atom stereocenters. The molecule has 0 bridgehead atoms. The van der Waals surface area contributed by atoms with E-state index in [0.29, 0.717) is 12.1 Å². The molecule has 19 heavy (non-hydrogen) atoms. The first-order valence-electron chi connectivity index (χ1n) is 5.97. The molecule has 0 radical (unpaired) electrons. The van der Waals surface area contributed by atoms with Crippen LogP contribution in [0, 0.1) is 11.7 Å². The van der Waals surface area contributed by atoms with Crippen LogP contribution in [0.4, 0.5) is 10.1 Å². The Bertz CT molecular complexity index is 489. The summed E-state index contributed by atoms with van der Waals surface area (Å²) in [6, 6.07) is 2.96. The van der Waals surface area contributed by atoms with Crippen molar-refractivity contribution in [3.63, 3.8) is 0 Å². The summed E-state index contributed by atoms with van der Waals surface area (Å²) in [5, 5.41) is 2.53. The van der Waals surface area contributed by atoms with Gasteiger partial charge in [-0.2, -0.15) is 0 Å². The smallest absolute Gasteiger partial charge is 0.251 e. The Balaban J connectivity index is 2.80. The van der Waals surface area contributed by atoms with Crippen molar-refractivity contribution in [1.29, 1.82) is 0 Å². The van der Waals surface area contributed by atoms with Gasteiger partial charge in [0.1, 0.15) is 5.82 Å². The number of halogens is 1. The number of benzene rings is 1. The Morgan fingerprint density at radius 1 is 1.37 bits per heavy atom. The first-order chi connectivity index (χ1) is 8.81. The van der Waals surface area contributed by atoms with Crippen LogP contribution in [0.1, 0.15) is 30.6 Å². The summed E-state index contributed by atoms with van der Waals surface area (Å²) in [6.45, 7) is 3.91. The van der Waals surface area contributed by atoms with Crippen LogP contribution in [0.5, 0.6) is 0 Å². The second kappa shape index (κ2) is 6.29. The fourth-order valence-corrected chi connectivity index (χ4v) is 1.64. The van der Waals surface area contributed by atoms with Crippen LogP contribution >= 0.6 is 0 Å². The summed E-state index contributed by atoms with van der Waals surface area (Å²) in [7, 11) is 0. The quantitative estimate of drug-likeness (QED) is 0.748. The normalized spacial score (nSPS) is 12.3. The number of primary amides is 1. The largest absolute Gasteiger partial charge is 0.366 e. The van der Waals surface area contributed by atoms with Gasteiger partial charge >= 0.3 is 0 Å². The van der Waals surface area contributed by atoms with E-state index in [9.17, 15) is 14.0 Å². The average molecular weight is 267 g/mol. The molecule has 0 heterocycles. The fourth-order valence-electron chi connectivity index (χ4n) is 1.64. The van der Waals surface area contributed by atoms with Gasteiger partial charge in [0.15, 0.2) is 0 Å². The van der Waals surface area contributed by atoms with Crippen molar-refractivity contribution in [2.45, 2.75) is 26.3 Å². The SMILES string of the molecule is CC(C)CC(N)C(=O)Nc1ccc(F)c(C(N)=O)c1. The first kappa shape index (κ1) is 15.1. The van der Waals surface area contributed by atoms with Gasteiger partial charge in [0.05, 0.1) is 11.6 Å².